The van der Waals surface area contributed by atoms with Crippen molar-refractivity contribution in [1.82, 2.24) is 25.2 Å². The first-order valence-corrected chi connectivity index (χ1v) is 16.7. The Balaban J connectivity index is 1.08. The Hall–Kier alpha value is -4.18. The summed E-state index contributed by atoms with van der Waals surface area (Å²) in [6.07, 6.45) is -3.81. The highest BCUT2D eigenvalue weighted by molar-refractivity contribution is 7.47. The van der Waals surface area contributed by atoms with Crippen molar-refractivity contribution in [2.75, 3.05) is 58.5 Å². The van der Waals surface area contributed by atoms with E-state index in [0.29, 0.717) is 5.06 Å². The quantitative estimate of drug-likeness (QED) is 0.0336. The molecule has 7 N–H and O–H groups in total. The molecule has 1 aromatic heterocycles. The number of nitrogens with zero attached hydrogens (tertiary/aromatic N) is 3. The maximum atomic E-state index is 12.7. The van der Waals surface area contributed by atoms with Crippen LogP contribution in [0.5, 0.6) is 0 Å². The van der Waals surface area contributed by atoms with Crippen LogP contribution < -0.4 is 21.7 Å². The van der Waals surface area contributed by atoms with Gasteiger partial charge in [0.1, 0.15) is 29.6 Å². The van der Waals surface area contributed by atoms with Gasteiger partial charge >= 0.3 is 19.9 Å². The third kappa shape index (κ3) is 10.4. The standard InChI is InChI=1S/C26H39N8O14P/c1-29-24-20(23(27)28)32-14-33(24)25-22(21-15(45-25)13-44-49(40,41)48-21)46-26(39)31-8-10-43-12-11-42-9-7-30-16(35)3-2-4-19(38)47-34-17(36)5-6-18(34)37/h14-15,21-22,25,29H,2-13H2,1H3,(H3,27,28)(H,30,35)(H,31,39)(H,40,41). The number of phosphoric ester groups is 1. The average Bonchev–Trinajstić information content (AvgIpc) is 3.72. The molecule has 3 aliphatic rings. The third-order valence-electron chi connectivity index (χ3n) is 7.19. The number of alkyl carbamates (subject to hydrolysis) is 1. The molecule has 4 amide bonds. The van der Waals surface area contributed by atoms with Gasteiger partial charge in [0.15, 0.2) is 12.3 Å². The Labute approximate surface area is 279 Å². The summed E-state index contributed by atoms with van der Waals surface area (Å²) in [6.45, 7) is 0.638. The Kier molecular flexibility index (Phi) is 13.4. The SMILES string of the molecule is CNc1c(C(=N)N)ncn1C1OC2COP(=O)(O)OC2C1OC(=O)NCCOCCOCCNC(=O)CCCC(=O)ON1C(=O)CCC1=O. The number of hydroxylamine groups is 2. The van der Waals surface area contributed by atoms with E-state index in [1.165, 1.54) is 10.9 Å². The van der Waals surface area contributed by atoms with Gasteiger partial charge in [-0.15, -0.1) is 5.06 Å². The van der Waals surface area contributed by atoms with E-state index in [1.54, 1.807) is 7.05 Å². The highest BCUT2D eigenvalue weighted by atomic mass is 31.2. The molecule has 5 unspecified atom stereocenters. The number of nitrogens with one attached hydrogen (secondary N) is 4. The Morgan fingerprint density at radius 2 is 1.78 bits per heavy atom. The number of aromatic nitrogens is 2. The summed E-state index contributed by atoms with van der Waals surface area (Å²) in [5.41, 5.74) is 5.72. The molecule has 0 radical (unpaired) electrons. The van der Waals surface area contributed by atoms with Crippen LogP contribution in [-0.2, 0) is 56.6 Å². The summed E-state index contributed by atoms with van der Waals surface area (Å²) in [7, 11) is -2.86. The number of phosphoric acid groups is 1. The molecule has 0 spiro atoms. The molecular formula is C26H39N8O14P. The van der Waals surface area contributed by atoms with Gasteiger partial charge in [0.2, 0.25) is 5.91 Å². The molecule has 0 aliphatic carbocycles. The van der Waals surface area contributed by atoms with Gasteiger partial charge in [-0.05, 0) is 6.42 Å². The number of carbonyl (C=O) groups excluding carboxylic acids is 5. The fraction of sp³-hybridized carbons (Fsp3) is 0.654. The van der Waals surface area contributed by atoms with E-state index >= 15 is 0 Å². The van der Waals surface area contributed by atoms with Gasteiger partial charge in [-0.1, -0.05) is 0 Å². The number of ether oxygens (including phenoxy) is 4. The van der Waals surface area contributed by atoms with Gasteiger partial charge in [-0.25, -0.2) is 19.1 Å². The lowest BCUT2D eigenvalue weighted by molar-refractivity contribution is -0.197. The molecule has 4 heterocycles. The molecule has 1 aromatic rings. The summed E-state index contributed by atoms with van der Waals surface area (Å²) >= 11 is 0. The lowest BCUT2D eigenvalue weighted by Crippen LogP contribution is -2.43. The molecule has 0 bridgehead atoms. The van der Waals surface area contributed by atoms with Crippen LogP contribution in [0.1, 0.15) is 44.0 Å². The van der Waals surface area contributed by atoms with E-state index in [2.05, 4.69) is 20.9 Å². The number of imidazole rings is 1. The lowest BCUT2D eigenvalue weighted by atomic mass is 10.1. The Bertz CT molecular complexity index is 1430. The molecule has 3 fully saturated rings. The molecule has 5 atom stereocenters. The van der Waals surface area contributed by atoms with Crippen LogP contribution in [0.4, 0.5) is 10.6 Å². The minimum absolute atomic E-state index is 0.00129. The van der Waals surface area contributed by atoms with Crippen molar-refractivity contribution in [2.45, 2.75) is 56.6 Å². The number of rotatable bonds is 18. The van der Waals surface area contributed by atoms with E-state index in [9.17, 15) is 33.4 Å². The van der Waals surface area contributed by atoms with Gasteiger partial charge in [0.25, 0.3) is 11.8 Å². The van der Waals surface area contributed by atoms with E-state index in [0.717, 1.165) is 0 Å². The van der Waals surface area contributed by atoms with Gasteiger partial charge < -0.3 is 50.4 Å². The van der Waals surface area contributed by atoms with Gasteiger partial charge in [0.05, 0.1) is 39.4 Å². The smallest absolute Gasteiger partial charge is 0.438 e. The van der Waals surface area contributed by atoms with Crippen molar-refractivity contribution in [3.05, 3.63) is 12.0 Å². The van der Waals surface area contributed by atoms with Crippen LogP contribution in [0.25, 0.3) is 0 Å². The molecule has 272 valence electrons. The van der Waals surface area contributed by atoms with Crippen molar-refractivity contribution < 1.29 is 66.3 Å². The molecule has 23 heteroatoms. The Morgan fingerprint density at radius 1 is 1.10 bits per heavy atom. The van der Waals surface area contributed by atoms with Crippen molar-refractivity contribution in [2.24, 2.45) is 5.73 Å². The van der Waals surface area contributed by atoms with Crippen LogP contribution >= 0.6 is 7.82 Å². The number of amides is 4. The van der Waals surface area contributed by atoms with Crippen molar-refractivity contribution in [3.8, 4) is 0 Å². The largest absolute Gasteiger partial charge is 0.472 e. The van der Waals surface area contributed by atoms with Crippen molar-refractivity contribution in [3.63, 3.8) is 0 Å². The number of nitrogens with two attached hydrogens (primary N) is 1. The monoisotopic (exact) mass is 718 g/mol. The number of carbonyl (C=O) groups is 5. The first kappa shape index (κ1) is 37.6. The number of amidine groups is 1. The van der Waals surface area contributed by atoms with Crippen LogP contribution in [0.15, 0.2) is 6.33 Å². The van der Waals surface area contributed by atoms with Gasteiger partial charge in [-0.3, -0.25) is 33.4 Å². The van der Waals surface area contributed by atoms with Crippen LogP contribution in [-0.4, -0.2) is 127 Å². The number of imide groups is 1. The number of hydrogen-bond donors (Lipinski definition) is 6. The molecule has 49 heavy (non-hydrogen) atoms. The fourth-order valence-corrected chi connectivity index (χ4v) is 5.89. The van der Waals surface area contributed by atoms with E-state index in [1.807, 2.05) is 0 Å². The van der Waals surface area contributed by atoms with Gasteiger partial charge in [-0.2, -0.15) is 0 Å². The lowest BCUT2D eigenvalue weighted by Gasteiger charge is -2.29. The zero-order valence-corrected chi connectivity index (χ0v) is 27.4. The topological polar surface area (TPSA) is 294 Å². The van der Waals surface area contributed by atoms with Crippen LogP contribution in [0.3, 0.4) is 0 Å². The molecule has 3 saturated heterocycles. The van der Waals surface area contributed by atoms with Crippen molar-refractivity contribution in [1.29, 1.82) is 5.41 Å². The predicted octanol–water partition coefficient (Wildman–Crippen LogP) is -1.36. The van der Waals surface area contributed by atoms with E-state index < -0.39 is 56.2 Å². The van der Waals surface area contributed by atoms with Crippen LogP contribution in [0.2, 0.25) is 0 Å². The summed E-state index contributed by atoms with van der Waals surface area (Å²) in [6, 6.07) is 0. The summed E-state index contributed by atoms with van der Waals surface area (Å²) in [5, 5.41) is 16.2. The van der Waals surface area contributed by atoms with E-state index in [4.69, 9.17) is 44.0 Å². The number of fused-ring (bicyclic) bond motifs is 1. The maximum Gasteiger partial charge on any atom is 0.472 e. The second kappa shape index (κ2) is 17.5. The minimum Gasteiger partial charge on any atom is -0.438 e. The first-order chi connectivity index (χ1) is 23.4. The summed E-state index contributed by atoms with van der Waals surface area (Å²) < 4.78 is 45.9. The molecule has 4 rings (SSSR count). The first-order valence-electron chi connectivity index (χ1n) is 15.2. The molecule has 0 aromatic carbocycles. The maximum absolute atomic E-state index is 12.7. The number of nitrogen functional groups attached to an aromatic ring is 1. The van der Waals surface area contributed by atoms with Crippen molar-refractivity contribution >= 4 is 49.3 Å². The normalized spacial score (nSPS) is 24.7. The highest BCUT2D eigenvalue weighted by Gasteiger charge is 2.55. The predicted molar refractivity (Wildman–Crippen MR) is 161 cm³/mol. The average molecular weight is 719 g/mol. The molecular weight excluding hydrogens is 679 g/mol. The highest BCUT2D eigenvalue weighted by Crippen LogP contribution is 2.53. The molecule has 22 nitrogen and oxygen atoms in total. The van der Waals surface area contributed by atoms with Crippen LogP contribution in [0, 0.1) is 5.41 Å². The zero-order chi connectivity index (χ0) is 35.6. The second-order valence-electron chi connectivity index (χ2n) is 10.7. The van der Waals surface area contributed by atoms with Gasteiger partial charge in [0, 0.05) is 45.8 Å². The third-order valence-corrected chi connectivity index (χ3v) is 8.17. The zero-order valence-electron chi connectivity index (χ0n) is 26.5. The fourth-order valence-electron chi connectivity index (χ4n) is 4.93. The van der Waals surface area contributed by atoms with E-state index in [-0.39, 0.29) is 101 Å². The minimum atomic E-state index is -4.42. The summed E-state index contributed by atoms with van der Waals surface area (Å²) in [4.78, 5) is 78.0. The Morgan fingerprint density at radius 3 is 2.43 bits per heavy atom. The second-order valence-corrected chi connectivity index (χ2v) is 12.1. The molecule has 0 saturated carbocycles. The number of hydrogen-bond acceptors (Lipinski definition) is 16. The summed E-state index contributed by atoms with van der Waals surface area (Å²) in [5.74, 6) is -2.27. The number of anilines is 1. The molecule has 3 aliphatic heterocycles.